The first-order valence-corrected chi connectivity index (χ1v) is 9.00. The summed E-state index contributed by atoms with van der Waals surface area (Å²) in [5, 5.41) is 12.8. The van der Waals surface area contributed by atoms with Gasteiger partial charge < -0.3 is 4.90 Å². The van der Waals surface area contributed by atoms with Gasteiger partial charge in [0.1, 0.15) is 5.54 Å². The van der Waals surface area contributed by atoms with Crippen molar-refractivity contribution in [1.29, 1.82) is 5.26 Å². The van der Waals surface area contributed by atoms with Crippen LogP contribution in [-0.4, -0.2) is 36.6 Å². The van der Waals surface area contributed by atoms with E-state index in [0.29, 0.717) is 5.41 Å². The Kier molecular flexibility index (Phi) is 6.08. The molecule has 1 heterocycles. The zero-order valence-corrected chi connectivity index (χ0v) is 14.1. The fourth-order valence-electron chi connectivity index (χ4n) is 4.02. The Morgan fingerprint density at radius 3 is 2.38 bits per heavy atom. The van der Waals surface area contributed by atoms with Gasteiger partial charge in [0.05, 0.1) is 6.07 Å². The molecule has 1 saturated heterocycles. The second-order valence-electron chi connectivity index (χ2n) is 7.52. The molecule has 2 aliphatic rings. The van der Waals surface area contributed by atoms with Crippen LogP contribution in [0, 0.1) is 16.7 Å². The third kappa shape index (κ3) is 4.69. The lowest BCUT2D eigenvalue weighted by Crippen LogP contribution is -2.46. The van der Waals surface area contributed by atoms with Crippen LogP contribution in [0.1, 0.15) is 71.6 Å². The lowest BCUT2D eigenvalue weighted by Gasteiger charge is -2.44. The first kappa shape index (κ1) is 16.8. The predicted octanol–water partition coefficient (Wildman–Crippen LogP) is 3.70. The molecule has 0 bridgehead atoms. The van der Waals surface area contributed by atoms with Crippen LogP contribution in [0.4, 0.5) is 0 Å². The fourth-order valence-corrected chi connectivity index (χ4v) is 4.02. The molecule has 1 saturated carbocycles. The van der Waals surface area contributed by atoms with Crippen LogP contribution in [0.15, 0.2) is 0 Å². The Hall–Kier alpha value is -0.590. The molecule has 3 heteroatoms. The van der Waals surface area contributed by atoms with Gasteiger partial charge in [0, 0.05) is 6.54 Å². The summed E-state index contributed by atoms with van der Waals surface area (Å²) in [6, 6.07) is 2.47. The summed E-state index contributed by atoms with van der Waals surface area (Å²) in [7, 11) is 0. The topological polar surface area (TPSA) is 39.1 Å². The lowest BCUT2D eigenvalue weighted by atomic mass is 9.68. The summed E-state index contributed by atoms with van der Waals surface area (Å²) in [6.45, 7) is 8.70. The quantitative estimate of drug-likeness (QED) is 0.811. The second-order valence-corrected chi connectivity index (χ2v) is 7.52. The Bertz CT molecular complexity index is 344. The molecule has 21 heavy (non-hydrogen) atoms. The fraction of sp³-hybridized carbons (Fsp3) is 0.944. The number of nitrogens with one attached hydrogen (secondary N) is 1. The molecule has 1 N–H and O–H groups in total. The highest BCUT2D eigenvalue weighted by Crippen LogP contribution is 2.44. The molecule has 1 atom stereocenters. The number of hydrogen-bond donors (Lipinski definition) is 1. The molecule has 0 aromatic heterocycles. The highest BCUT2D eigenvalue weighted by molar-refractivity contribution is 5.04. The molecule has 1 aliphatic heterocycles. The van der Waals surface area contributed by atoms with Crippen LogP contribution in [-0.2, 0) is 0 Å². The predicted molar refractivity (Wildman–Crippen MR) is 88.1 cm³/mol. The maximum Gasteiger partial charge on any atom is 0.105 e. The first-order chi connectivity index (χ1) is 10.1. The summed E-state index contributed by atoms with van der Waals surface area (Å²) >= 11 is 0. The van der Waals surface area contributed by atoms with Crippen molar-refractivity contribution in [3.05, 3.63) is 0 Å². The maximum atomic E-state index is 9.41. The zero-order valence-electron chi connectivity index (χ0n) is 14.1. The van der Waals surface area contributed by atoms with Crippen LogP contribution in [0.3, 0.4) is 0 Å². The summed E-state index contributed by atoms with van der Waals surface area (Å²) in [5.74, 6) is 0. The van der Waals surface area contributed by atoms with Crippen molar-refractivity contribution in [3.8, 4) is 6.07 Å². The Labute approximate surface area is 131 Å². The summed E-state index contributed by atoms with van der Waals surface area (Å²) in [5.41, 5.74) is 0.337. The number of nitriles is 1. The van der Waals surface area contributed by atoms with E-state index in [-0.39, 0.29) is 5.54 Å². The van der Waals surface area contributed by atoms with Crippen molar-refractivity contribution in [2.75, 3.05) is 26.2 Å². The van der Waals surface area contributed by atoms with Gasteiger partial charge in [-0.3, -0.25) is 5.32 Å². The molecule has 0 aromatic carbocycles. The van der Waals surface area contributed by atoms with E-state index in [2.05, 4.69) is 30.1 Å². The number of hydrogen-bond acceptors (Lipinski definition) is 3. The molecule has 1 spiro atoms. The van der Waals surface area contributed by atoms with E-state index >= 15 is 0 Å². The van der Waals surface area contributed by atoms with E-state index in [4.69, 9.17) is 0 Å². The minimum Gasteiger partial charge on any atom is -0.303 e. The Balaban J connectivity index is 1.74. The van der Waals surface area contributed by atoms with Crippen LogP contribution < -0.4 is 5.32 Å². The van der Waals surface area contributed by atoms with Crippen LogP contribution in [0.2, 0.25) is 0 Å². The number of nitrogens with zero attached hydrogens (tertiary/aromatic N) is 2. The van der Waals surface area contributed by atoms with Crippen molar-refractivity contribution >= 4 is 0 Å². The smallest absolute Gasteiger partial charge is 0.105 e. The van der Waals surface area contributed by atoms with Crippen LogP contribution >= 0.6 is 0 Å². The standard InChI is InChI=1S/C18H33N3/c1-3-12-20-17(2,16-19)9-13-21-14-10-18(11-15-21)7-5-4-6-8-18/h20H,3-15H2,1-2H3. The van der Waals surface area contributed by atoms with Crippen molar-refractivity contribution in [2.24, 2.45) is 5.41 Å². The summed E-state index contributed by atoms with van der Waals surface area (Å²) in [4.78, 5) is 2.59. The molecule has 0 aromatic rings. The third-order valence-corrected chi connectivity index (χ3v) is 5.77. The average molecular weight is 291 g/mol. The maximum absolute atomic E-state index is 9.41. The van der Waals surface area contributed by atoms with E-state index in [1.54, 1.807) is 0 Å². The molecule has 1 aliphatic carbocycles. The minimum atomic E-state index is -0.351. The van der Waals surface area contributed by atoms with Gasteiger partial charge in [0.2, 0.25) is 0 Å². The molecule has 3 nitrogen and oxygen atoms in total. The van der Waals surface area contributed by atoms with Gasteiger partial charge in [0.25, 0.3) is 0 Å². The molecular formula is C18H33N3. The van der Waals surface area contributed by atoms with Crippen molar-refractivity contribution in [1.82, 2.24) is 10.2 Å². The van der Waals surface area contributed by atoms with Gasteiger partial charge >= 0.3 is 0 Å². The molecule has 1 unspecified atom stereocenters. The van der Waals surface area contributed by atoms with Gasteiger partial charge in [0.15, 0.2) is 0 Å². The third-order valence-electron chi connectivity index (χ3n) is 5.77. The van der Waals surface area contributed by atoms with Gasteiger partial charge in [-0.05, 0) is 70.5 Å². The monoisotopic (exact) mass is 291 g/mol. The SMILES string of the molecule is CCCNC(C)(C#N)CCN1CCC2(CCCCC2)CC1. The number of rotatable bonds is 6. The van der Waals surface area contributed by atoms with Crippen LogP contribution in [0.5, 0.6) is 0 Å². The van der Waals surface area contributed by atoms with E-state index in [9.17, 15) is 5.26 Å². The van der Waals surface area contributed by atoms with Gasteiger partial charge in [-0.25, -0.2) is 0 Å². The van der Waals surface area contributed by atoms with Gasteiger partial charge in [-0.15, -0.1) is 0 Å². The molecule has 120 valence electrons. The lowest BCUT2D eigenvalue weighted by molar-refractivity contribution is 0.0647. The Morgan fingerprint density at radius 2 is 1.81 bits per heavy atom. The summed E-state index contributed by atoms with van der Waals surface area (Å²) < 4.78 is 0. The molecule has 2 fully saturated rings. The molecule has 0 radical (unpaired) electrons. The van der Waals surface area contributed by atoms with Gasteiger partial charge in [-0.2, -0.15) is 5.26 Å². The minimum absolute atomic E-state index is 0.351. The molecule has 0 amide bonds. The highest BCUT2D eigenvalue weighted by atomic mass is 15.1. The normalized spacial score (nSPS) is 25.4. The highest BCUT2D eigenvalue weighted by Gasteiger charge is 2.35. The largest absolute Gasteiger partial charge is 0.303 e. The van der Waals surface area contributed by atoms with Gasteiger partial charge in [-0.1, -0.05) is 26.2 Å². The average Bonchev–Trinajstić information content (AvgIpc) is 2.53. The zero-order chi connectivity index (χ0) is 15.2. The molecular weight excluding hydrogens is 258 g/mol. The van der Waals surface area contributed by atoms with E-state index in [1.165, 1.54) is 58.0 Å². The number of piperidine rings is 1. The summed E-state index contributed by atoms with van der Waals surface area (Å²) in [6.07, 6.45) is 12.1. The van der Waals surface area contributed by atoms with Crippen molar-refractivity contribution in [2.45, 2.75) is 77.2 Å². The molecule has 2 rings (SSSR count). The van der Waals surface area contributed by atoms with E-state index in [0.717, 1.165) is 25.9 Å². The number of likely N-dealkylation sites (tertiary alicyclic amines) is 1. The van der Waals surface area contributed by atoms with E-state index < -0.39 is 0 Å². The van der Waals surface area contributed by atoms with E-state index in [1.807, 2.05) is 0 Å². The van der Waals surface area contributed by atoms with Crippen LogP contribution in [0.25, 0.3) is 0 Å². The Morgan fingerprint density at radius 1 is 1.14 bits per heavy atom. The second kappa shape index (κ2) is 7.61. The first-order valence-electron chi connectivity index (χ1n) is 9.00. The van der Waals surface area contributed by atoms with Crippen molar-refractivity contribution in [3.63, 3.8) is 0 Å². The van der Waals surface area contributed by atoms with Crippen molar-refractivity contribution < 1.29 is 0 Å².